The average Bonchev–Trinajstić information content (AvgIpc) is 2.70. The number of carbonyl (C=O) groups is 2. The average molecular weight is 418 g/mol. The van der Waals surface area contributed by atoms with Gasteiger partial charge in [0.05, 0.1) is 7.05 Å². The van der Waals surface area contributed by atoms with Crippen LogP contribution in [-0.2, 0) is 9.59 Å². The van der Waals surface area contributed by atoms with Gasteiger partial charge in [-0.2, -0.15) is 0 Å². The fourth-order valence-corrected chi connectivity index (χ4v) is 3.45. The molecule has 1 heterocycles. The Bertz CT molecular complexity index is 834. The summed E-state index contributed by atoms with van der Waals surface area (Å²) in [5.74, 6) is 0.149. The Kier molecular flexibility index (Phi) is 6.95. The van der Waals surface area contributed by atoms with Crippen LogP contribution >= 0.6 is 11.6 Å². The minimum atomic E-state index is -0.144. The molecule has 3 N–H and O–H groups in total. The highest BCUT2D eigenvalue weighted by molar-refractivity contribution is 6.30. The molecule has 1 saturated heterocycles. The molecule has 0 saturated carbocycles. The number of halogens is 1. The van der Waals surface area contributed by atoms with E-state index in [2.05, 4.69) is 10.2 Å². The molecule has 1 fully saturated rings. The molecule has 1 aliphatic rings. The molecule has 0 aromatic heterocycles. The summed E-state index contributed by atoms with van der Waals surface area (Å²) in [6, 6.07) is 14.0. The summed E-state index contributed by atoms with van der Waals surface area (Å²) in [5.41, 5.74) is 1.72. The largest absolute Gasteiger partial charge is 0.508 e. The topological polar surface area (TPSA) is 77.3 Å². The Hall–Kier alpha value is -2.77. The van der Waals surface area contributed by atoms with Crippen LogP contribution in [0.15, 0.2) is 48.5 Å². The maximum atomic E-state index is 12.6. The minimum Gasteiger partial charge on any atom is -0.508 e. The van der Waals surface area contributed by atoms with Gasteiger partial charge in [0.25, 0.3) is 11.8 Å². The number of hydrogen-bond donors (Lipinski definition) is 3. The van der Waals surface area contributed by atoms with Crippen molar-refractivity contribution < 1.29 is 19.6 Å². The SMILES string of the molecule is C[NH+](CC(=O)Nc1ccc(Cl)cc1)CC(=O)N1CCN(c2ccc(O)cc2)CC1. The molecule has 2 aromatic carbocycles. The number of likely N-dealkylation sites (N-methyl/N-ethyl adjacent to an activating group) is 1. The second kappa shape index (κ2) is 9.62. The summed E-state index contributed by atoms with van der Waals surface area (Å²) >= 11 is 5.84. The summed E-state index contributed by atoms with van der Waals surface area (Å²) in [7, 11) is 1.84. The highest BCUT2D eigenvalue weighted by Crippen LogP contribution is 2.19. The lowest BCUT2D eigenvalue weighted by Crippen LogP contribution is -3.11. The number of benzene rings is 2. The second-order valence-electron chi connectivity index (χ2n) is 7.25. The van der Waals surface area contributed by atoms with Crippen LogP contribution in [0.2, 0.25) is 5.02 Å². The third-order valence-electron chi connectivity index (χ3n) is 4.89. The van der Waals surface area contributed by atoms with Gasteiger partial charge in [0, 0.05) is 42.6 Å². The molecule has 2 amide bonds. The van der Waals surface area contributed by atoms with Gasteiger partial charge in [0.15, 0.2) is 13.1 Å². The van der Waals surface area contributed by atoms with Gasteiger partial charge < -0.3 is 25.1 Å². The number of rotatable bonds is 6. The smallest absolute Gasteiger partial charge is 0.279 e. The molecule has 1 atom stereocenters. The molecule has 0 bridgehead atoms. The first-order valence-corrected chi connectivity index (χ1v) is 9.97. The highest BCUT2D eigenvalue weighted by Gasteiger charge is 2.24. The number of piperazine rings is 1. The molecule has 0 radical (unpaired) electrons. The van der Waals surface area contributed by atoms with Crippen molar-refractivity contribution in [2.45, 2.75) is 0 Å². The van der Waals surface area contributed by atoms with Crippen LogP contribution in [0, 0.1) is 0 Å². The van der Waals surface area contributed by atoms with Gasteiger partial charge >= 0.3 is 0 Å². The number of phenolic OH excluding ortho intramolecular Hbond substituents is 1. The van der Waals surface area contributed by atoms with Crippen molar-refractivity contribution >= 4 is 34.8 Å². The van der Waals surface area contributed by atoms with E-state index in [-0.39, 0.29) is 30.7 Å². The fourth-order valence-electron chi connectivity index (χ4n) is 3.32. The molecule has 1 unspecified atom stereocenters. The first-order chi connectivity index (χ1) is 13.9. The van der Waals surface area contributed by atoms with Crippen molar-refractivity contribution in [1.82, 2.24) is 4.90 Å². The van der Waals surface area contributed by atoms with E-state index in [4.69, 9.17) is 11.6 Å². The van der Waals surface area contributed by atoms with Gasteiger partial charge in [-0.05, 0) is 48.5 Å². The summed E-state index contributed by atoms with van der Waals surface area (Å²) in [5, 5.41) is 12.8. The monoisotopic (exact) mass is 417 g/mol. The van der Waals surface area contributed by atoms with Crippen LogP contribution in [-0.4, -0.2) is 68.1 Å². The van der Waals surface area contributed by atoms with E-state index in [0.29, 0.717) is 23.8 Å². The molecule has 2 aromatic rings. The van der Waals surface area contributed by atoms with Crippen LogP contribution in [0.1, 0.15) is 0 Å². The maximum Gasteiger partial charge on any atom is 0.279 e. The summed E-state index contributed by atoms with van der Waals surface area (Å²) in [6.07, 6.45) is 0. The molecular weight excluding hydrogens is 392 g/mol. The lowest BCUT2D eigenvalue weighted by molar-refractivity contribution is -0.862. The minimum absolute atomic E-state index is 0.0483. The number of hydrogen-bond acceptors (Lipinski definition) is 4. The van der Waals surface area contributed by atoms with Crippen molar-refractivity contribution in [2.75, 3.05) is 56.5 Å². The van der Waals surface area contributed by atoms with Crippen molar-refractivity contribution in [2.24, 2.45) is 0 Å². The Morgan fingerprint density at radius 1 is 1.00 bits per heavy atom. The van der Waals surface area contributed by atoms with E-state index in [9.17, 15) is 14.7 Å². The van der Waals surface area contributed by atoms with E-state index < -0.39 is 0 Å². The molecule has 8 heteroatoms. The number of amides is 2. The van der Waals surface area contributed by atoms with Crippen LogP contribution in [0.3, 0.4) is 0 Å². The van der Waals surface area contributed by atoms with E-state index in [0.717, 1.165) is 23.7 Å². The van der Waals surface area contributed by atoms with E-state index >= 15 is 0 Å². The lowest BCUT2D eigenvalue weighted by atomic mass is 10.2. The predicted octanol–water partition coefficient (Wildman–Crippen LogP) is 0.848. The number of quaternary nitrogens is 1. The van der Waals surface area contributed by atoms with Gasteiger partial charge in [0.1, 0.15) is 5.75 Å². The van der Waals surface area contributed by atoms with E-state index in [1.165, 1.54) is 0 Å². The Morgan fingerprint density at radius 2 is 1.62 bits per heavy atom. The number of anilines is 2. The third kappa shape index (κ3) is 6.10. The zero-order chi connectivity index (χ0) is 20.8. The molecule has 7 nitrogen and oxygen atoms in total. The molecule has 1 aliphatic heterocycles. The molecule has 29 heavy (non-hydrogen) atoms. The highest BCUT2D eigenvalue weighted by atomic mass is 35.5. The number of carbonyl (C=O) groups excluding carboxylic acids is 2. The Morgan fingerprint density at radius 3 is 2.24 bits per heavy atom. The lowest BCUT2D eigenvalue weighted by Gasteiger charge is -2.36. The molecule has 3 rings (SSSR count). The van der Waals surface area contributed by atoms with Gasteiger partial charge in [0.2, 0.25) is 0 Å². The van der Waals surface area contributed by atoms with Gasteiger partial charge in [-0.3, -0.25) is 9.59 Å². The number of nitrogens with one attached hydrogen (secondary N) is 2. The van der Waals surface area contributed by atoms with Gasteiger partial charge in [-0.25, -0.2) is 0 Å². The normalized spacial score (nSPS) is 15.1. The number of aromatic hydroxyl groups is 1. The van der Waals surface area contributed by atoms with Crippen molar-refractivity contribution in [3.8, 4) is 5.75 Å². The maximum absolute atomic E-state index is 12.6. The van der Waals surface area contributed by atoms with Gasteiger partial charge in [-0.15, -0.1) is 0 Å². The quantitative estimate of drug-likeness (QED) is 0.651. The first-order valence-electron chi connectivity index (χ1n) is 9.59. The first kappa shape index (κ1) is 21.0. The fraction of sp³-hybridized carbons (Fsp3) is 0.333. The third-order valence-corrected chi connectivity index (χ3v) is 5.14. The second-order valence-corrected chi connectivity index (χ2v) is 7.69. The summed E-state index contributed by atoms with van der Waals surface area (Å²) in [6.45, 7) is 3.25. The molecule has 154 valence electrons. The van der Waals surface area contributed by atoms with Crippen LogP contribution in [0.25, 0.3) is 0 Å². The van der Waals surface area contributed by atoms with Crippen LogP contribution in [0.4, 0.5) is 11.4 Å². The summed E-state index contributed by atoms with van der Waals surface area (Å²) < 4.78 is 0. The van der Waals surface area contributed by atoms with Crippen molar-refractivity contribution in [1.29, 1.82) is 0 Å². The molecule has 0 spiro atoms. The van der Waals surface area contributed by atoms with Gasteiger partial charge in [-0.1, -0.05) is 11.6 Å². The Labute approximate surface area is 175 Å². The van der Waals surface area contributed by atoms with Crippen LogP contribution < -0.4 is 15.1 Å². The standard InChI is InChI=1S/C21H25ClN4O3/c1-24(14-20(28)23-17-4-2-16(22)3-5-17)15-21(29)26-12-10-25(11-13-26)18-6-8-19(27)9-7-18/h2-9,27H,10-15H2,1H3,(H,23,28)/p+1. The molecule has 0 aliphatic carbocycles. The zero-order valence-electron chi connectivity index (χ0n) is 16.4. The van der Waals surface area contributed by atoms with E-state index in [1.54, 1.807) is 36.4 Å². The Balaban J connectivity index is 1.42. The number of nitrogens with zero attached hydrogens (tertiary/aromatic N) is 2. The predicted molar refractivity (Wildman–Crippen MR) is 114 cm³/mol. The summed E-state index contributed by atoms with van der Waals surface area (Å²) in [4.78, 5) is 29.6. The molecular formula is C21H26ClN4O3+. The van der Waals surface area contributed by atoms with Crippen molar-refractivity contribution in [3.05, 3.63) is 53.6 Å². The zero-order valence-corrected chi connectivity index (χ0v) is 17.2. The number of phenols is 1. The van der Waals surface area contributed by atoms with Crippen LogP contribution in [0.5, 0.6) is 5.75 Å². The van der Waals surface area contributed by atoms with E-state index in [1.807, 2.05) is 24.1 Å². The van der Waals surface area contributed by atoms with Crippen molar-refractivity contribution in [3.63, 3.8) is 0 Å².